The zero-order valence-electron chi connectivity index (χ0n) is 12.9. The molecule has 1 aliphatic heterocycles. The van der Waals surface area contributed by atoms with E-state index in [4.69, 9.17) is 9.47 Å². The number of aromatic nitrogens is 1. The molecule has 4 atom stereocenters. The van der Waals surface area contributed by atoms with E-state index in [9.17, 15) is 9.59 Å². The summed E-state index contributed by atoms with van der Waals surface area (Å²) >= 11 is 0. The molecule has 1 saturated heterocycles. The van der Waals surface area contributed by atoms with E-state index >= 15 is 0 Å². The molecule has 1 aliphatic rings. The number of rotatable bonds is 4. The van der Waals surface area contributed by atoms with Crippen molar-refractivity contribution in [3.8, 4) is 0 Å². The van der Waals surface area contributed by atoms with E-state index in [0.717, 1.165) is 6.42 Å². The Bertz CT molecular complexity index is 543. The van der Waals surface area contributed by atoms with Gasteiger partial charge in [-0.1, -0.05) is 13.8 Å². The van der Waals surface area contributed by atoms with Crippen molar-refractivity contribution in [1.82, 2.24) is 0 Å². The standard InChI is InChI=1S/C16H22NO4/c1-5-14-10(2)15(20-12(4)19)16(21-14)17-8-6-7-13(9-17)11(3)18/h6-10,14-16H,5H2,1-4H3/q+1/t10-,14-,15-,16-/m1/s1. The highest BCUT2D eigenvalue weighted by molar-refractivity contribution is 5.93. The van der Waals surface area contributed by atoms with Gasteiger partial charge in [0.1, 0.15) is 0 Å². The number of ether oxygens (including phenoxy) is 2. The van der Waals surface area contributed by atoms with E-state index in [1.807, 2.05) is 24.6 Å². The number of Topliss-reactive ketones (excluding diaryl/α,β-unsaturated/α-hetero) is 1. The number of esters is 1. The fourth-order valence-corrected chi connectivity index (χ4v) is 2.78. The van der Waals surface area contributed by atoms with E-state index in [-0.39, 0.29) is 29.9 Å². The number of carbonyl (C=O) groups is 2. The molecule has 5 heteroatoms. The lowest BCUT2D eigenvalue weighted by atomic mass is 9.98. The second-order valence-corrected chi connectivity index (χ2v) is 5.50. The van der Waals surface area contributed by atoms with Gasteiger partial charge < -0.3 is 9.47 Å². The summed E-state index contributed by atoms with van der Waals surface area (Å²) in [5.74, 6) is -0.218. The average Bonchev–Trinajstić information content (AvgIpc) is 2.75. The topological polar surface area (TPSA) is 56.5 Å². The highest BCUT2D eigenvalue weighted by atomic mass is 16.6. The summed E-state index contributed by atoms with van der Waals surface area (Å²) in [6, 6.07) is 3.56. The second-order valence-electron chi connectivity index (χ2n) is 5.50. The van der Waals surface area contributed by atoms with Crippen molar-refractivity contribution < 1.29 is 23.6 Å². The maximum atomic E-state index is 11.5. The summed E-state index contributed by atoms with van der Waals surface area (Å²) in [6.45, 7) is 7.00. The van der Waals surface area contributed by atoms with Crippen molar-refractivity contribution in [3.05, 3.63) is 30.1 Å². The van der Waals surface area contributed by atoms with Crippen LogP contribution in [0.4, 0.5) is 0 Å². The molecule has 0 unspecified atom stereocenters. The van der Waals surface area contributed by atoms with Crippen molar-refractivity contribution in [1.29, 1.82) is 0 Å². The number of hydrogen-bond acceptors (Lipinski definition) is 4. The van der Waals surface area contributed by atoms with Crippen LogP contribution in [0.15, 0.2) is 24.5 Å². The number of hydrogen-bond donors (Lipinski definition) is 0. The minimum atomic E-state index is -0.395. The van der Waals surface area contributed by atoms with Gasteiger partial charge in [0.25, 0.3) is 0 Å². The van der Waals surface area contributed by atoms with Crippen molar-refractivity contribution in [2.45, 2.75) is 52.6 Å². The number of ketones is 1. The van der Waals surface area contributed by atoms with Crippen LogP contribution in [0.2, 0.25) is 0 Å². The first-order chi connectivity index (χ1) is 9.93. The van der Waals surface area contributed by atoms with Gasteiger partial charge in [-0.2, -0.15) is 4.57 Å². The lowest BCUT2D eigenvalue weighted by molar-refractivity contribution is -0.765. The van der Waals surface area contributed by atoms with E-state index < -0.39 is 6.23 Å². The molecule has 2 heterocycles. The quantitative estimate of drug-likeness (QED) is 0.484. The smallest absolute Gasteiger partial charge is 0.303 e. The van der Waals surface area contributed by atoms with Gasteiger partial charge in [-0.25, -0.2) is 0 Å². The Balaban J connectivity index is 2.33. The van der Waals surface area contributed by atoms with E-state index in [1.54, 1.807) is 18.3 Å². The van der Waals surface area contributed by atoms with Crippen molar-refractivity contribution in [3.63, 3.8) is 0 Å². The summed E-state index contributed by atoms with van der Waals surface area (Å²) in [4.78, 5) is 22.9. The molecule has 0 radical (unpaired) electrons. The highest BCUT2D eigenvalue weighted by Crippen LogP contribution is 2.34. The number of pyridine rings is 1. The molecule has 1 aromatic heterocycles. The Morgan fingerprint density at radius 3 is 2.67 bits per heavy atom. The van der Waals surface area contributed by atoms with Gasteiger partial charge in [-0.3, -0.25) is 9.59 Å². The molecule has 0 aliphatic carbocycles. The predicted molar refractivity (Wildman–Crippen MR) is 75.6 cm³/mol. The Hall–Kier alpha value is -1.75. The zero-order chi connectivity index (χ0) is 15.6. The SMILES string of the molecule is CC[C@H]1O[C@@H]([n+]2cccc(C(C)=O)c2)[C@H](OC(C)=O)[C@@H]1C. The molecule has 21 heavy (non-hydrogen) atoms. The van der Waals surface area contributed by atoms with E-state index in [1.165, 1.54) is 13.8 Å². The van der Waals surface area contributed by atoms with E-state index in [0.29, 0.717) is 5.56 Å². The van der Waals surface area contributed by atoms with Crippen LogP contribution in [-0.4, -0.2) is 24.0 Å². The molecule has 1 aromatic rings. The Kier molecular flexibility index (Phi) is 4.73. The van der Waals surface area contributed by atoms with Gasteiger partial charge >= 0.3 is 12.2 Å². The Labute approximate surface area is 124 Å². The molecule has 2 rings (SSSR count). The van der Waals surface area contributed by atoms with Crippen LogP contribution in [0.25, 0.3) is 0 Å². The summed E-state index contributed by atoms with van der Waals surface area (Å²) in [5, 5.41) is 0. The molecule has 0 bridgehead atoms. The van der Waals surface area contributed by atoms with Gasteiger partial charge in [-0.05, 0) is 19.4 Å². The third-order valence-electron chi connectivity index (χ3n) is 3.93. The van der Waals surface area contributed by atoms with Crippen LogP contribution in [-0.2, 0) is 14.3 Å². The highest BCUT2D eigenvalue weighted by Gasteiger charge is 2.48. The van der Waals surface area contributed by atoms with Gasteiger partial charge in [0, 0.05) is 18.9 Å². The monoisotopic (exact) mass is 292 g/mol. The molecule has 114 valence electrons. The molecular weight excluding hydrogens is 270 g/mol. The minimum Gasteiger partial charge on any atom is -0.452 e. The van der Waals surface area contributed by atoms with Crippen LogP contribution in [0, 0.1) is 5.92 Å². The first-order valence-corrected chi connectivity index (χ1v) is 7.28. The van der Waals surface area contributed by atoms with Crippen LogP contribution in [0.1, 0.15) is 50.7 Å². The van der Waals surface area contributed by atoms with Gasteiger partial charge in [-0.15, -0.1) is 0 Å². The summed E-state index contributed by atoms with van der Waals surface area (Å²) in [5.41, 5.74) is 0.607. The maximum Gasteiger partial charge on any atom is 0.303 e. The van der Waals surface area contributed by atoms with Crippen LogP contribution >= 0.6 is 0 Å². The van der Waals surface area contributed by atoms with Crippen molar-refractivity contribution in [2.75, 3.05) is 0 Å². The third-order valence-corrected chi connectivity index (χ3v) is 3.93. The Morgan fingerprint density at radius 1 is 1.38 bits per heavy atom. The van der Waals surface area contributed by atoms with Gasteiger partial charge in [0.2, 0.25) is 0 Å². The molecule has 0 aromatic carbocycles. The fraction of sp³-hybridized carbons (Fsp3) is 0.562. The molecule has 0 saturated carbocycles. The Morgan fingerprint density at radius 2 is 2.10 bits per heavy atom. The van der Waals surface area contributed by atoms with Crippen LogP contribution in [0.3, 0.4) is 0 Å². The third kappa shape index (κ3) is 3.29. The largest absolute Gasteiger partial charge is 0.452 e. The van der Waals surface area contributed by atoms with Crippen LogP contribution in [0.5, 0.6) is 0 Å². The normalized spacial score (nSPS) is 28.4. The second kappa shape index (κ2) is 6.35. The first kappa shape index (κ1) is 15.6. The minimum absolute atomic E-state index is 0.00790. The van der Waals surface area contributed by atoms with Crippen molar-refractivity contribution in [2.24, 2.45) is 5.92 Å². The lowest BCUT2D eigenvalue weighted by Gasteiger charge is -2.17. The fourth-order valence-electron chi connectivity index (χ4n) is 2.78. The lowest BCUT2D eigenvalue weighted by Crippen LogP contribution is -2.46. The molecule has 0 spiro atoms. The predicted octanol–water partition coefficient (Wildman–Crippen LogP) is 2.05. The van der Waals surface area contributed by atoms with Gasteiger partial charge in [0.05, 0.1) is 11.7 Å². The number of carbonyl (C=O) groups excluding carboxylic acids is 2. The maximum absolute atomic E-state index is 11.5. The zero-order valence-corrected chi connectivity index (χ0v) is 12.9. The number of nitrogens with zero attached hydrogens (tertiary/aromatic N) is 1. The van der Waals surface area contributed by atoms with Crippen LogP contribution < -0.4 is 4.57 Å². The van der Waals surface area contributed by atoms with E-state index in [2.05, 4.69) is 0 Å². The molecule has 1 fully saturated rings. The summed E-state index contributed by atoms with van der Waals surface area (Å²) in [6.07, 6.45) is 3.72. The molecule has 0 amide bonds. The first-order valence-electron chi connectivity index (χ1n) is 7.28. The summed E-state index contributed by atoms with van der Waals surface area (Å²) < 4.78 is 13.3. The average molecular weight is 292 g/mol. The van der Waals surface area contributed by atoms with Gasteiger partial charge in [0.15, 0.2) is 24.3 Å². The molecule has 5 nitrogen and oxygen atoms in total. The molecule has 0 N–H and O–H groups in total. The van der Waals surface area contributed by atoms with Crippen molar-refractivity contribution >= 4 is 11.8 Å². The summed E-state index contributed by atoms with van der Waals surface area (Å²) in [7, 11) is 0. The molecular formula is C16H22NO4+.